The van der Waals surface area contributed by atoms with E-state index in [9.17, 15) is 15.1 Å². The molecule has 1 heterocycles. The van der Waals surface area contributed by atoms with Crippen molar-refractivity contribution in [2.75, 3.05) is 13.1 Å². The molecule has 0 unspecified atom stereocenters. The lowest BCUT2D eigenvalue weighted by molar-refractivity contribution is -0.121. The summed E-state index contributed by atoms with van der Waals surface area (Å²) in [7, 11) is 0. The van der Waals surface area contributed by atoms with E-state index in [0.29, 0.717) is 30.4 Å². The molecule has 6 heteroatoms. The summed E-state index contributed by atoms with van der Waals surface area (Å²) in [5, 5.41) is 20.9. The predicted octanol–water partition coefficient (Wildman–Crippen LogP) is 2.94. The van der Waals surface area contributed by atoms with E-state index >= 15 is 0 Å². The van der Waals surface area contributed by atoms with Gasteiger partial charge in [-0.3, -0.25) is 10.1 Å². The molecule has 1 aliphatic heterocycles. The highest BCUT2D eigenvalue weighted by Crippen LogP contribution is 2.40. The summed E-state index contributed by atoms with van der Waals surface area (Å²) < 4.78 is 0. The number of rotatable bonds is 3. The monoisotopic (exact) mass is 349 g/mol. The van der Waals surface area contributed by atoms with Gasteiger partial charge in [0.2, 0.25) is 0 Å². The first-order chi connectivity index (χ1) is 11.3. The third-order valence-electron chi connectivity index (χ3n) is 4.70. The van der Waals surface area contributed by atoms with Gasteiger partial charge in [-0.1, -0.05) is 53.7 Å². The van der Waals surface area contributed by atoms with Crippen molar-refractivity contribution in [3.63, 3.8) is 0 Å². The Morgan fingerprint density at radius 2 is 1.60 bits per heavy atom. The van der Waals surface area contributed by atoms with Gasteiger partial charge in [-0.25, -0.2) is 9.86 Å². The first kappa shape index (κ1) is 19.5. The van der Waals surface area contributed by atoms with Crippen LogP contribution in [0.3, 0.4) is 0 Å². The maximum atomic E-state index is 11.0. The van der Waals surface area contributed by atoms with Gasteiger partial charge in [-0.05, 0) is 27.5 Å². The number of phenols is 1. The number of nitrogens with zero attached hydrogens (tertiary/aromatic N) is 2. The molecule has 1 aromatic carbocycles. The van der Waals surface area contributed by atoms with Crippen molar-refractivity contribution in [3.8, 4) is 5.75 Å². The first-order valence-electron chi connectivity index (χ1n) is 8.67. The summed E-state index contributed by atoms with van der Waals surface area (Å²) >= 11 is 0. The van der Waals surface area contributed by atoms with E-state index in [1.807, 2.05) is 0 Å². The standard InChI is InChI=1S/C19H31N3O3/c1-18(2,3)14-7-12(8-15(16(14)23)19(4,5)6)9-21-10-13(11-21)22(25)17(20)24/h7-8,13,23,25H,9-11H2,1-6H3,(H2,20,24). The predicted molar refractivity (Wildman–Crippen MR) is 97.8 cm³/mol. The minimum absolute atomic E-state index is 0.161. The quantitative estimate of drug-likeness (QED) is 0.578. The van der Waals surface area contributed by atoms with Crippen LogP contribution in [0.5, 0.6) is 5.75 Å². The van der Waals surface area contributed by atoms with Gasteiger partial charge in [-0.15, -0.1) is 0 Å². The van der Waals surface area contributed by atoms with Crippen LogP contribution in [-0.4, -0.2) is 45.4 Å². The second kappa shape index (κ2) is 6.50. The number of benzene rings is 1. The van der Waals surface area contributed by atoms with Crippen molar-refractivity contribution in [2.24, 2.45) is 5.73 Å². The largest absolute Gasteiger partial charge is 0.507 e. The van der Waals surface area contributed by atoms with Gasteiger partial charge >= 0.3 is 6.03 Å². The molecule has 0 spiro atoms. The summed E-state index contributed by atoms with van der Waals surface area (Å²) in [5.41, 5.74) is 7.76. The minimum Gasteiger partial charge on any atom is -0.507 e. The van der Waals surface area contributed by atoms with Gasteiger partial charge in [0.1, 0.15) is 5.75 Å². The van der Waals surface area contributed by atoms with Crippen molar-refractivity contribution in [2.45, 2.75) is 65.0 Å². The number of phenolic OH excluding ortho intramolecular Hbond substituents is 1. The highest BCUT2D eigenvalue weighted by molar-refractivity contribution is 5.71. The Morgan fingerprint density at radius 1 is 1.16 bits per heavy atom. The summed E-state index contributed by atoms with van der Waals surface area (Å²) in [6, 6.07) is 3.05. The van der Waals surface area contributed by atoms with Crippen molar-refractivity contribution < 1.29 is 15.1 Å². The van der Waals surface area contributed by atoms with Gasteiger partial charge in [0, 0.05) is 19.6 Å². The van der Waals surface area contributed by atoms with E-state index in [1.54, 1.807) is 0 Å². The summed E-state index contributed by atoms with van der Waals surface area (Å²) in [4.78, 5) is 13.1. The Morgan fingerprint density at radius 3 is 1.96 bits per heavy atom. The lowest BCUT2D eigenvalue weighted by Crippen LogP contribution is -2.60. The lowest BCUT2D eigenvalue weighted by Gasteiger charge is -2.42. The Hall–Kier alpha value is -1.79. The number of urea groups is 1. The van der Waals surface area contributed by atoms with Crippen LogP contribution in [0.15, 0.2) is 12.1 Å². The van der Waals surface area contributed by atoms with Crippen molar-refractivity contribution >= 4 is 6.03 Å². The highest BCUT2D eigenvalue weighted by atomic mass is 16.5. The van der Waals surface area contributed by atoms with Crippen LogP contribution >= 0.6 is 0 Å². The summed E-state index contributed by atoms with van der Waals surface area (Å²) in [5.74, 6) is 0.375. The Labute approximate surface area is 150 Å². The van der Waals surface area contributed by atoms with Gasteiger partial charge in [0.15, 0.2) is 0 Å². The Balaban J connectivity index is 2.23. The van der Waals surface area contributed by atoms with Crippen molar-refractivity contribution in [3.05, 3.63) is 28.8 Å². The van der Waals surface area contributed by atoms with Gasteiger partial charge in [0.25, 0.3) is 0 Å². The van der Waals surface area contributed by atoms with Crippen LogP contribution in [0, 0.1) is 0 Å². The number of carbonyl (C=O) groups excluding carboxylic acids is 1. The van der Waals surface area contributed by atoms with Crippen LogP contribution in [0.2, 0.25) is 0 Å². The molecule has 4 N–H and O–H groups in total. The lowest BCUT2D eigenvalue weighted by atomic mass is 9.78. The second-order valence-corrected chi connectivity index (χ2v) is 9.07. The van der Waals surface area contributed by atoms with Crippen LogP contribution in [0.1, 0.15) is 58.2 Å². The number of aromatic hydroxyl groups is 1. The average molecular weight is 349 g/mol. The number of carbonyl (C=O) groups is 1. The smallest absolute Gasteiger partial charge is 0.338 e. The van der Waals surface area contributed by atoms with Crippen LogP contribution in [0.4, 0.5) is 4.79 Å². The maximum Gasteiger partial charge on any atom is 0.338 e. The van der Waals surface area contributed by atoms with Crippen LogP contribution < -0.4 is 5.73 Å². The second-order valence-electron chi connectivity index (χ2n) is 9.07. The molecule has 1 saturated heterocycles. The molecule has 0 bridgehead atoms. The average Bonchev–Trinajstić information content (AvgIpc) is 2.40. The van der Waals surface area contributed by atoms with E-state index in [1.165, 1.54) is 0 Å². The molecule has 2 amide bonds. The highest BCUT2D eigenvalue weighted by Gasteiger charge is 2.34. The number of likely N-dealkylation sites (tertiary alicyclic amines) is 1. The van der Waals surface area contributed by atoms with Crippen molar-refractivity contribution in [1.82, 2.24) is 9.96 Å². The molecular weight excluding hydrogens is 318 g/mol. The fourth-order valence-corrected chi connectivity index (χ4v) is 3.19. The molecule has 1 fully saturated rings. The zero-order valence-electron chi connectivity index (χ0n) is 16.1. The number of primary amides is 1. The maximum absolute atomic E-state index is 11.0. The van der Waals surface area contributed by atoms with Crippen molar-refractivity contribution in [1.29, 1.82) is 0 Å². The SMILES string of the molecule is CC(C)(C)c1cc(CN2CC(N(O)C(N)=O)C2)cc(C(C)(C)C)c1O. The van der Waals surface area contributed by atoms with Gasteiger partial charge in [0.05, 0.1) is 6.04 Å². The van der Waals surface area contributed by atoms with E-state index in [4.69, 9.17) is 5.73 Å². The normalized spacial score (nSPS) is 16.6. The Bertz CT molecular complexity index is 618. The van der Waals surface area contributed by atoms with Crippen LogP contribution in [-0.2, 0) is 17.4 Å². The fourth-order valence-electron chi connectivity index (χ4n) is 3.19. The van der Waals surface area contributed by atoms with E-state index < -0.39 is 6.03 Å². The third-order valence-corrected chi connectivity index (χ3v) is 4.70. The number of hydrogen-bond acceptors (Lipinski definition) is 4. The summed E-state index contributed by atoms with van der Waals surface area (Å²) in [6.07, 6.45) is 0. The molecule has 0 saturated carbocycles. The van der Waals surface area contributed by atoms with Gasteiger partial charge < -0.3 is 10.8 Å². The molecule has 0 radical (unpaired) electrons. The molecule has 1 aliphatic rings. The topological polar surface area (TPSA) is 90.0 Å². The zero-order chi connectivity index (χ0) is 19.2. The molecule has 0 aromatic heterocycles. The molecule has 6 nitrogen and oxygen atoms in total. The zero-order valence-corrected chi connectivity index (χ0v) is 16.1. The molecule has 2 rings (SSSR count). The molecule has 0 aliphatic carbocycles. The summed E-state index contributed by atoms with van der Waals surface area (Å²) in [6.45, 7) is 14.4. The number of hydrogen-bond donors (Lipinski definition) is 3. The Kier molecular flexibility index (Phi) is 5.08. The molecular formula is C19H31N3O3. The number of nitrogens with two attached hydrogens (primary N) is 1. The first-order valence-corrected chi connectivity index (χ1v) is 8.67. The molecule has 0 atom stereocenters. The van der Waals surface area contributed by atoms with E-state index in [0.717, 1.165) is 16.7 Å². The van der Waals surface area contributed by atoms with E-state index in [-0.39, 0.29) is 16.9 Å². The number of hydroxylamine groups is 2. The molecule has 140 valence electrons. The van der Waals surface area contributed by atoms with Crippen LogP contribution in [0.25, 0.3) is 0 Å². The van der Waals surface area contributed by atoms with E-state index in [2.05, 4.69) is 58.6 Å². The van der Waals surface area contributed by atoms with Gasteiger partial charge in [-0.2, -0.15) is 0 Å². The molecule has 1 aromatic rings. The number of amides is 2. The minimum atomic E-state index is -0.820. The third kappa shape index (κ3) is 4.25. The molecule has 25 heavy (non-hydrogen) atoms. The fraction of sp³-hybridized carbons (Fsp3) is 0.632.